The number of hydrogen-bond donors (Lipinski definition) is 0. The molecule has 2 aliphatic rings. The second kappa shape index (κ2) is 3.92. The minimum atomic E-state index is -0.201. The van der Waals surface area contributed by atoms with E-state index in [0.717, 1.165) is 25.9 Å². The Hall–Kier alpha value is -1.16. The summed E-state index contributed by atoms with van der Waals surface area (Å²) in [4.78, 5) is 23.6. The van der Waals surface area contributed by atoms with Gasteiger partial charge in [-0.15, -0.1) is 0 Å². The Kier molecular flexibility index (Phi) is 2.63. The summed E-state index contributed by atoms with van der Waals surface area (Å²) in [7, 11) is 0. The summed E-state index contributed by atoms with van der Waals surface area (Å²) in [5, 5.41) is 0. The van der Waals surface area contributed by atoms with Crippen molar-refractivity contribution in [2.45, 2.75) is 25.4 Å². The average Bonchev–Trinajstić information content (AvgIpc) is 2.76. The van der Waals surface area contributed by atoms with Crippen molar-refractivity contribution >= 4 is 11.8 Å². The zero-order valence-electron chi connectivity index (χ0n) is 7.94. The van der Waals surface area contributed by atoms with Crippen LogP contribution in [0.1, 0.15) is 19.3 Å². The quantitative estimate of drug-likeness (QED) is 0.615. The SMILES string of the molecule is O=C1C=CC(=O)N1CCC1CCCO1. The first-order valence-electron chi connectivity index (χ1n) is 4.92. The second-order valence-electron chi connectivity index (χ2n) is 3.59. The van der Waals surface area contributed by atoms with Crippen molar-refractivity contribution in [1.29, 1.82) is 0 Å². The van der Waals surface area contributed by atoms with Crippen molar-refractivity contribution in [3.63, 3.8) is 0 Å². The molecule has 2 rings (SSSR count). The zero-order chi connectivity index (χ0) is 9.97. The normalized spacial score (nSPS) is 26.6. The molecule has 2 amide bonds. The van der Waals surface area contributed by atoms with Gasteiger partial charge in [-0.1, -0.05) is 0 Å². The molecule has 0 aliphatic carbocycles. The predicted molar refractivity (Wildman–Crippen MR) is 49.5 cm³/mol. The highest BCUT2D eigenvalue weighted by Gasteiger charge is 2.25. The summed E-state index contributed by atoms with van der Waals surface area (Å²) in [5.41, 5.74) is 0. The summed E-state index contributed by atoms with van der Waals surface area (Å²) < 4.78 is 5.41. The summed E-state index contributed by atoms with van der Waals surface area (Å²) in [6.07, 6.45) is 5.76. The predicted octanol–water partition coefficient (Wildman–Crippen LogP) is 0.480. The van der Waals surface area contributed by atoms with Crippen LogP contribution in [-0.2, 0) is 14.3 Å². The number of imide groups is 1. The molecule has 76 valence electrons. The van der Waals surface area contributed by atoms with Gasteiger partial charge in [0.2, 0.25) is 0 Å². The molecule has 1 atom stereocenters. The van der Waals surface area contributed by atoms with Crippen LogP contribution in [0, 0.1) is 0 Å². The molecular formula is C10H13NO3. The number of amides is 2. The van der Waals surface area contributed by atoms with Crippen LogP contribution in [-0.4, -0.2) is 36.0 Å². The number of ether oxygens (including phenoxy) is 1. The molecule has 0 spiro atoms. The van der Waals surface area contributed by atoms with Gasteiger partial charge in [0.25, 0.3) is 11.8 Å². The van der Waals surface area contributed by atoms with Gasteiger partial charge in [-0.2, -0.15) is 0 Å². The molecule has 0 aromatic rings. The Labute approximate surface area is 82.5 Å². The monoisotopic (exact) mass is 195 g/mol. The van der Waals surface area contributed by atoms with Crippen LogP contribution in [0.25, 0.3) is 0 Å². The van der Waals surface area contributed by atoms with E-state index in [0.29, 0.717) is 6.54 Å². The Balaban J connectivity index is 1.80. The van der Waals surface area contributed by atoms with Crippen molar-refractivity contribution in [2.24, 2.45) is 0 Å². The van der Waals surface area contributed by atoms with E-state index >= 15 is 0 Å². The van der Waals surface area contributed by atoms with Crippen molar-refractivity contribution in [3.05, 3.63) is 12.2 Å². The third-order valence-corrected chi connectivity index (χ3v) is 2.60. The van der Waals surface area contributed by atoms with Crippen LogP contribution in [0.15, 0.2) is 12.2 Å². The Morgan fingerprint density at radius 3 is 2.64 bits per heavy atom. The van der Waals surface area contributed by atoms with Crippen LogP contribution >= 0.6 is 0 Å². The van der Waals surface area contributed by atoms with E-state index < -0.39 is 0 Å². The molecule has 0 aromatic carbocycles. The van der Waals surface area contributed by atoms with E-state index in [1.807, 2.05) is 0 Å². The Morgan fingerprint density at radius 1 is 1.36 bits per heavy atom. The van der Waals surface area contributed by atoms with Crippen molar-refractivity contribution in [2.75, 3.05) is 13.2 Å². The maximum absolute atomic E-state index is 11.2. The highest BCUT2D eigenvalue weighted by molar-refractivity contribution is 6.12. The molecule has 4 nitrogen and oxygen atoms in total. The highest BCUT2D eigenvalue weighted by atomic mass is 16.5. The number of carbonyl (C=O) groups excluding carboxylic acids is 2. The van der Waals surface area contributed by atoms with E-state index in [2.05, 4.69) is 0 Å². The first-order valence-corrected chi connectivity index (χ1v) is 4.92. The van der Waals surface area contributed by atoms with Crippen molar-refractivity contribution < 1.29 is 14.3 Å². The van der Waals surface area contributed by atoms with Gasteiger partial charge in [0, 0.05) is 25.3 Å². The molecular weight excluding hydrogens is 182 g/mol. The summed E-state index contributed by atoms with van der Waals surface area (Å²) in [6, 6.07) is 0. The molecule has 4 heteroatoms. The topological polar surface area (TPSA) is 46.6 Å². The molecule has 0 radical (unpaired) electrons. The zero-order valence-corrected chi connectivity index (χ0v) is 7.94. The fourth-order valence-electron chi connectivity index (χ4n) is 1.80. The third kappa shape index (κ3) is 1.85. The van der Waals surface area contributed by atoms with E-state index in [-0.39, 0.29) is 17.9 Å². The number of nitrogens with zero attached hydrogens (tertiary/aromatic N) is 1. The fourth-order valence-corrected chi connectivity index (χ4v) is 1.80. The molecule has 2 aliphatic heterocycles. The van der Waals surface area contributed by atoms with E-state index in [1.165, 1.54) is 17.1 Å². The molecule has 0 aromatic heterocycles. The van der Waals surface area contributed by atoms with Gasteiger partial charge < -0.3 is 4.74 Å². The van der Waals surface area contributed by atoms with E-state index in [1.54, 1.807) is 0 Å². The van der Waals surface area contributed by atoms with Crippen molar-refractivity contribution in [1.82, 2.24) is 4.90 Å². The van der Waals surface area contributed by atoms with Crippen LogP contribution in [0.3, 0.4) is 0 Å². The van der Waals surface area contributed by atoms with Gasteiger partial charge in [0.15, 0.2) is 0 Å². The lowest BCUT2D eigenvalue weighted by molar-refractivity contribution is -0.137. The largest absolute Gasteiger partial charge is 0.378 e. The lowest BCUT2D eigenvalue weighted by atomic mass is 10.2. The van der Waals surface area contributed by atoms with Crippen molar-refractivity contribution in [3.8, 4) is 0 Å². The smallest absolute Gasteiger partial charge is 0.253 e. The number of carbonyl (C=O) groups is 2. The molecule has 0 N–H and O–H groups in total. The minimum Gasteiger partial charge on any atom is -0.378 e. The van der Waals surface area contributed by atoms with Gasteiger partial charge in [-0.3, -0.25) is 14.5 Å². The molecule has 1 saturated heterocycles. The standard InChI is InChI=1S/C10H13NO3/c12-9-3-4-10(13)11(9)6-5-8-2-1-7-14-8/h3-4,8H,1-2,5-7H2. The lowest BCUT2D eigenvalue weighted by Gasteiger charge is -2.16. The number of rotatable bonds is 3. The molecule has 0 bridgehead atoms. The van der Waals surface area contributed by atoms with Gasteiger partial charge in [0.1, 0.15) is 0 Å². The van der Waals surface area contributed by atoms with Crippen LogP contribution < -0.4 is 0 Å². The highest BCUT2D eigenvalue weighted by Crippen LogP contribution is 2.16. The Morgan fingerprint density at radius 2 is 2.07 bits per heavy atom. The van der Waals surface area contributed by atoms with Gasteiger partial charge in [-0.05, 0) is 19.3 Å². The third-order valence-electron chi connectivity index (χ3n) is 2.60. The average molecular weight is 195 g/mol. The van der Waals surface area contributed by atoms with E-state index in [9.17, 15) is 9.59 Å². The Bertz CT molecular complexity index is 261. The molecule has 1 unspecified atom stereocenters. The number of hydrogen-bond acceptors (Lipinski definition) is 3. The summed E-state index contributed by atoms with van der Waals surface area (Å²) >= 11 is 0. The van der Waals surface area contributed by atoms with Gasteiger partial charge in [0.05, 0.1) is 6.10 Å². The first-order chi connectivity index (χ1) is 6.77. The summed E-state index contributed by atoms with van der Waals surface area (Å²) in [5.74, 6) is -0.402. The van der Waals surface area contributed by atoms with Gasteiger partial charge in [-0.25, -0.2) is 0 Å². The second-order valence-corrected chi connectivity index (χ2v) is 3.59. The van der Waals surface area contributed by atoms with Crippen LogP contribution in [0.4, 0.5) is 0 Å². The van der Waals surface area contributed by atoms with Crippen LogP contribution in [0.2, 0.25) is 0 Å². The van der Waals surface area contributed by atoms with Crippen LogP contribution in [0.5, 0.6) is 0 Å². The molecule has 2 heterocycles. The fraction of sp³-hybridized carbons (Fsp3) is 0.600. The maximum Gasteiger partial charge on any atom is 0.253 e. The molecule has 14 heavy (non-hydrogen) atoms. The minimum absolute atomic E-state index is 0.201. The maximum atomic E-state index is 11.2. The summed E-state index contributed by atoms with van der Waals surface area (Å²) in [6.45, 7) is 1.29. The van der Waals surface area contributed by atoms with Gasteiger partial charge >= 0.3 is 0 Å². The molecule has 0 saturated carbocycles. The molecule has 1 fully saturated rings. The first kappa shape index (κ1) is 9.40. The lowest BCUT2D eigenvalue weighted by Crippen LogP contribution is -2.32. The van der Waals surface area contributed by atoms with E-state index in [4.69, 9.17) is 4.74 Å².